The molecule has 0 atom stereocenters. The fourth-order valence-electron chi connectivity index (χ4n) is 1.28. The molecular formula is C10H16FN3O4S. The largest absolute Gasteiger partial charge is 0.476 e. The molecule has 0 amide bonds. The van der Waals surface area contributed by atoms with E-state index < -0.39 is 37.9 Å². The quantitative estimate of drug-likeness (QED) is 0.700. The van der Waals surface area contributed by atoms with E-state index in [1.165, 1.54) is 7.05 Å². The lowest BCUT2D eigenvalue weighted by molar-refractivity contribution is 0.0681. The van der Waals surface area contributed by atoms with E-state index in [-0.39, 0.29) is 0 Å². The third kappa shape index (κ3) is 3.52. The van der Waals surface area contributed by atoms with Gasteiger partial charge in [0.2, 0.25) is 0 Å². The molecular weight excluding hydrogens is 277 g/mol. The molecule has 3 N–H and O–H groups in total. The Hall–Kier alpha value is -1.45. The Bertz CT molecular complexity index is 601. The predicted octanol–water partition coefficient (Wildman–Crippen LogP) is 0.444. The van der Waals surface area contributed by atoms with Crippen molar-refractivity contribution in [2.24, 2.45) is 7.05 Å². The molecule has 7 nitrogen and oxygen atoms in total. The summed E-state index contributed by atoms with van der Waals surface area (Å²) in [6, 6.07) is 0. The predicted molar refractivity (Wildman–Crippen MR) is 65.5 cm³/mol. The molecule has 0 radical (unpaired) electrons. The molecule has 0 fully saturated rings. The van der Waals surface area contributed by atoms with Gasteiger partial charge in [-0.3, -0.25) is 0 Å². The fourth-order valence-corrected chi connectivity index (χ4v) is 2.46. The van der Waals surface area contributed by atoms with Gasteiger partial charge in [-0.05, 0) is 20.8 Å². The maximum absolute atomic E-state index is 13.8. The molecule has 0 saturated heterocycles. The van der Waals surface area contributed by atoms with Crippen molar-refractivity contribution in [3.8, 4) is 0 Å². The molecule has 1 aromatic heterocycles. The smallest absolute Gasteiger partial charge is 0.355 e. The van der Waals surface area contributed by atoms with Crippen LogP contribution in [0.3, 0.4) is 0 Å². The summed E-state index contributed by atoms with van der Waals surface area (Å²) in [6.45, 7) is 5.12. The number of aromatic carboxylic acids is 1. The number of aryl methyl sites for hydroxylation is 1. The van der Waals surface area contributed by atoms with Crippen LogP contribution in [0.25, 0.3) is 0 Å². The number of carbonyl (C=O) groups is 1. The van der Waals surface area contributed by atoms with Gasteiger partial charge < -0.3 is 9.67 Å². The van der Waals surface area contributed by atoms with Gasteiger partial charge in [-0.15, -0.1) is 4.83 Å². The molecule has 0 aliphatic carbocycles. The number of rotatable bonds is 4. The molecule has 1 aromatic rings. The second-order valence-electron chi connectivity index (χ2n) is 5.05. The van der Waals surface area contributed by atoms with Gasteiger partial charge >= 0.3 is 5.97 Å². The minimum Gasteiger partial charge on any atom is -0.476 e. The van der Waals surface area contributed by atoms with Gasteiger partial charge in [-0.25, -0.2) is 23.0 Å². The average molecular weight is 293 g/mol. The number of carboxylic acids is 1. The average Bonchev–Trinajstić information content (AvgIpc) is 2.51. The van der Waals surface area contributed by atoms with Crippen LogP contribution in [0.4, 0.5) is 4.39 Å². The zero-order chi connectivity index (χ0) is 15.0. The number of halogens is 1. The van der Waals surface area contributed by atoms with Crippen LogP contribution < -0.4 is 10.3 Å². The summed E-state index contributed by atoms with van der Waals surface area (Å²) < 4.78 is 38.5. The summed E-state index contributed by atoms with van der Waals surface area (Å²) in [5.41, 5.74) is 1.21. The Balaban J connectivity index is 3.17. The van der Waals surface area contributed by atoms with Crippen molar-refractivity contribution in [2.75, 3.05) is 0 Å². The molecule has 1 heterocycles. The molecule has 0 bridgehead atoms. The Morgan fingerprint density at radius 1 is 1.42 bits per heavy atom. The molecule has 108 valence electrons. The lowest BCUT2D eigenvalue weighted by Crippen LogP contribution is -2.48. The van der Waals surface area contributed by atoms with E-state index in [2.05, 4.69) is 5.43 Å². The first-order valence-electron chi connectivity index (χ1n) is 5.33. The summed E-state index contributed by atoms with van der Waals surface area (Å²) >= 11 is 0. The first-order valence-corrected chi connectivity index (χ1v) is 6.81. The lowest BCUT2D eigenvalue weighted by Gasteiger charge is -2.20. The SMILES string of the molecule is Cn1cc(S(=O)(=O)NNC(C)(C)C)c(F)c1C(=O)O. The lowest BCUT2D eigenvalue weighted by atomic mass is 10.1. The van der Waals surface area contributed by atoms with Gasteiger partial charge in [0.05, 0.1) is 0 Å². The second-order valence-corrected chi connectivity index (χ2v) is 6.70. The maximum atomic E-state index is 13.8. The summed E-state index contributed by atoms with van der Waals surface area (Å²) in [6.07, 6.45) is 0.908. The molecule has 0 saturated carbocycles. The van der Waals surface area contributed by atoms with E-state index in [1.54, 1.807) is 20.8 Å². The standard InChI is InChI=1S/C10H16FN3O4S/c1-10(2,3)12-13-19(17,18)6-5-14(4)8(7(6)11)9(15)16/h5,12-13H,1-4H3,(H,15,16). The number of sulfonamides is 1. The molecule has 0 spiro atoms. The van der Waals surface area contributed by atoms with Crippen LogP contribution in [0, 0.1) is 5.82 Å². The topological polar surface area (TPSA) is 100 Å². The van der Waals surface area contributed by atoms with Gasteiger partial charge in [0.15, 0.2) is 11.5 Å². The van der Waals surface area contributed by atoms with Crippen LogP contribution in [-0.4, -0.2) is 29.6 Å². The fraction of sp³-hybridized carbons (Fsp3) is 0.500. The van der Waals surface area contributed by atoms with Gasteiger partial charge in [-0.2, -0.15) is 0 Å². The van der Waals surface area contributed by atoms with E-state index in [9.17, 15) is 17.6 Å². The van der Waals surface area contributed by atoms with Crippen LogP contribution in [-0.2, 0) is 17.1 Å². The Kier molecular flexibility index (Phi) is 4.03. The van der Waals surface area contributed by atoms with E-state index in [0.29, 0.717) is 0 Å². The highest BCUT2D eigenvalue weighted by Gasteiger charge is 2.28. The first kappa shape index (κ1) is 15.6. The molecule has 1 rings (SSSR count). The molecule has 0 unspecified atom stereocenters. The third-order valence-corrected chi connectivity index (χ3v) is 3.37. The third-order valence-electron chi connectivity index (χ3n) is 2.14. The molecule has 19 heavy (non-hydrogen) atoms. The number of carboxylic acid groups (broad SMARTS) is 1. The zero-order valence-electron chi connectivity index (χ0n) is 11.0. The van der Waals surface area contributed by atoms with Crippen LogP contribution in [0.5, 0.6) is 0 Å². The number of hydrazine groups is 1. The van der Waals surface area contributed by atoms with Crippen molar-refractivity contribution in [2.45, 2.75) is 31.2 Å². The van der Waals surface area contributed by atoms with Crippen molar-refractivity contribution >= 4 is 16.0 Å². The minimum atomic E-state index is -4.18. The number of nitrogens with zero attached hydrogens (tertiary/aromatic N) is 1. The highest BCUT2D eigenvalue weighted by molar-refractivity contribution is 7.89. The summed E-state index contributed by atoms with van der Waals surface area (Å²) in [5, 5.41) is 8.79. The number of aromatic nitrogens is 1. The van der Waals surface area contributed by atoms with Gasteiger partial charge in [0.1, 0.15) is 4.90 Å². The van der Waals surface area contributed by atoms with Gasteiger partial charge in [-0.1, -0.05) is 0 Å². The summed E-state index contributed by atoms with van der Waals surface area (Å²) in [5.74, 6) is -2.83. The van der Waals surface area contributed by atoms with Gasteiger partial charge in [0, 0.05) is 18.8 Å². The number of hydrogen-bond acceptors (Lipinski definition) is 4. The molecule has 0 aromatic carbocycles. The monoisotopic (exact) mass is 293 g/mol. The first-order chi connectivity index (χ1) is 8.46. The summed E-state index contributed by atoms with van der Waals surface area (Å²) in [7, 11) is -2.93. The maximum Gasteiger partial charge on any atom is 0.355 e. The van der Waals surface area contributed by atoms with Crippen LogP contribution in [0.1, 0.15) is 31.3 Å². The minimum absolute atomic E-state index is 0.562. The normalized spacial score (nSPS) is 12.7. The van der Waals surface area contributed by atoms with Gasteiger partial charge in [0.25, 0.3) is 10.0 Å². The molecule has 0 aliphatic heterocycles. The van der Waals surface area contributed by atoms with Crippen molar-refractivity contribution in [1.82, 2.24) is 14.8 Å². The van der Waals surface area contributed by atoms with E-state index in [0.717, 1.165) is 10.8 Å². The molecule has 0 aliphatic rings. The molecule has 9 heteroatoms. The van der Waals surface area contributed by atoms with Crippen molar-refractivity contribution in [3.05, 3.63) is 17.7 Å². The van der Waals surface area contributed by atoms with Crippen LogP contribution in [0.2, 0.25) is 0 Å². The second kappa shape index (κ2) is 4.91. The summed E-state index contributed by atoms with van der Waals surface area (Å²) in [4.78, 5) is 12.1. The Morgan fingerprint density at radius 3 is 2.32 bits per heavy atom. The van der Waals surface area contributed by atoms with E-state index >= 15 is 0 Å². The Labute approximate surface area is 110 Å². The van der Waals surface area contributed by atoms with E-state index in [1.807, 2.05) is 4.83 Å². The van der Waals surface area contributed by atoms with E-state index in [4.69, 9.17) is 5.11 Å². The number of hydrogen-bond donors (Lipinski definition) is 3. The zero-order valence-corrected chi connectivity index (χ0v) is 11.8. The van der Waals surface area contributed by atoms with Crippen LogP contribution >= 0.6 is 0 Å². The highest BCUT2D eigenvalue weighted by atomic mass is 32.2. The Morgan fingerprint density at radius 2 is 1.95 bits per heavy atom. The van der Waals surface area contributed by atoms with Crippen molar-refractivity contribution in [1.29, 1.82) is 0 Å². The van der Waals surface area contributed by atoms with Crippen molar-refractivity contribution < 1.29 is 22.7 Å². The van der Waals surface area contributed by atoms with Crippen molar-refractivity contribution in [3.63, 3.8) is 0 Å². The van der Waals surface area contributed by atoms with Crippen LogP contribution in [0.15, 0.2) is 11.1 Å². The number of nitrogens with one attached hydrogen (secondary N) is 2. The highest BCUT2D eigenvalue weighted by Crippen LogP contribution is 2.19.